The van der Waals surface area contributed by atoms with Crippen molar-refractivity contribution >= 4 is 56.5 Å². The molecule has 0 bridgehead atoms. The largest absolute Gasteiger partial charge is 0.490 e. The van der Waals surface area contributed by atoms with Crippen LogP contribution in [0.4, 0.5) is 9.18 Å². The number of carbonyl (C=O) groups excluding carboxylic acids is 2. The number of hydrogen-bond acceptors (Lipinski definition) is 5. The fraction of sp³-hybridized carbons (Fsp3) is 0.154. The van der Waals surface area contributed by atoms with Crippen molar-refractivity contribution in [3.05, 3.63) is 97.6 Å². The Bertz CT molecular complexity index is 1300. The van der Waals surface area contributed by atoms with Crippen LogP contribution in [0.15, 0.2) is 70.0 Å². The van der Waals surface area contributed by atoms with Gasteiger partial charge in [-0.05, 0) is 66.2 Å². The number of imide groups is 1. The molecule has 0 saturated carbocycles. The van der Waals surface area contributed by atoms with Crippen molar-refractivity contribution in [2.75, 3.05) is 6.61 Å². The summed E-state index contributed by atoms with van der Waals surface area (Å²) < 4.78 is 26.2. The maximum absolute atomic E-state index is 14.0. The van der Waals surface area contributed by atoms with Crippen LogP contribution in [0, 0.1) is 5.82 Å². The minimum absolute atomic E-state index is 0.0299. The summed E-state index contributed by atoms with van der Waals surface area (Å²) >= 11 is 10.3. The summed E-state index contributed by atoms with van der Waals surface area (Å²) in [6.07, 6.45) is 1.64. The Kier molecular flexibility index (Phi) is 8.15. The number of halogens is 3. The van der Waals surface area contributed by atoms with Crippen LogP contribution in [0.2, 0.25) is 5.02 Å². The average molecular weight is 577 g/mol. The fourth-order valence-electron chi connectivity index (χ4n) is 3.36. The van der Waals surface area contributed by atoms with E-state index in [-0.39, 0.29) is 30.1 Å². The van der Waals surface area contributed by atoms with E-state index in [1.807, 2.05) is 6.92 Å². The van der Waals surface area contributed by atoms with E-state index in [0.717, 1.165) is 17.3 Å². The van der Waals surface area contributed by atoms with Crippen LogP contribution in [0.5, 0.6) is 11.5 Å². The number of thioether (sulfide) groups is 1. The summed E-state index contributed by atoms with van der Waals surface area (Å²) in [5.41, 5.74) is 1.86. The number of nitrogens with zero attached hydrogens (tertiary/aromatic N) is 1. The normalized spacial score (nSPS) is 14.6. The van der Waals surface area contributed by atoms with Gasteiger partial charge in [0.2, 0.25) is 0 Å². The van der Waals surface area contributed by atoms with Gasteiger partial charge in [-0.2, -0.15) is 0 Å². The van der Waals surface area contributed by atoms with Gasteiger partial charge in [0.25, 0.3) is 11.1 Å². The second-order valence-corrected chi connectivity index (χ2v) is 9.81. The summed E-state index contributed by atoms with van der Waals surface area (Å²) in [4.78, 5) is 27.0. The van der Waals surface area contributed by atoms with E-state index in [1.165, 1.54) is 11.0 Å². The van der Waals surface area contributed by atoms with Gasteiger partial charge < -0.3 is 9.47 Å². The SMILES string of the molecule is CCOc1cc(/C=C2\SC(=O)N(Cc3ccc(Cl)cc3)C2=O)c(Br)cc1OCc1ccccc1F. The number of ether oxygens (including phenoxy) is 2. The van der Waals surface area contributed by atoms with Crippen molar-refractivity contribution in [3.63, 3.8) is 0 Å². The van der Waals surface area contributed by atoms with Gasteiger partial charge >= 0.3 is 0 Å². The first-order valence-corrected chi connectivity index (χ1v) is 12.7. The van der Waals surface area contributed by atoms with Gasteiger partial charge in [0, 0.05) is 15.1 Å². The highest BCUT2D eigenvalue weighted by Crippen LogP contribution is 2.39. The smallest absolute Gasteiger partial charge is 0.293 e. The molecule has 5 nitrogen and oxygen atoms in total. The molecule has 0 aliphatic carbocycles. The van der Waals surface area contributed by atoms with Crippen LogP contribution < -0.4 is 9.47 Å². The zero-order valence-electron chi connectivity index (χ0n) is 18.6. The Morgan fingerprint density at radius 1 is 1.06 bits per heavy atom. The lowest BCUT2D eigenvalue weighted by Crippen LogP contribution is -2.27. The molecular formula is C26H20BrClFNO4S. The van der Waals surface area contributed by atoms with E-state index >= 15 is 0 Å². The Morgan fingerprint density at radius 3 is 2.49 bits per heavy atom. The molecule has 0 atom stereocenters. The summed E-state index contributed by atoms with van der Waals surface area (Å²) in [7, 11) is 0. The van der Waals surface area contributed by atoms with E-state index in [0.29, 0.717) is 43.6 Å². The molecule has 4 rings (SSSR count). The molecule has 3 aromatic rings. The predicted octanol–water partition coefficient (Wildman–Crippen LogP) is 7.46. The van der Waals surface area contributed by atoms with Gasteiger partial charge in [0.1, 0.15) is 12.4 Å². The molecule has 0 aromatic heterocycles. The van der Waals surface area contributed by atoms with Crippen LogP contribution in [0.3, 0.4) is 0 Å². The number of carbonyl (C=O) groups is 2. The monoisotopic (exact) mass is 575 g/mol. The molecule has 0 spiro atoms. The highest BCUT2D eigenvalue weighted by atomic mass is 79.9. The van der Waals surface area contributed by atoms with Crippen molar-refractivity contribution in [2.24, 2.45) is 0 Å². The molecule has 0 N–H and O–H groups in total. The van der Waals surface area contributed by atoms with Crippen molar-refractivity contribution in [2.45, 2.75) is 20.1 Å². The minimum Gasteiger partial charge on any atom is -0.490 e. The minimum atomic E-state index is -0.375. The molecule has 3 aromatic carbocycles. The first-order valence-electron chi connectivity index (χ1n) is 10.7. The molecule has 9 heteroatoms. The first kappa shape index (κ1) is 25.3. The second-order valence-electron chi connectivity index (χ2n) is 7.53. The molecule has 1 aliphatic heterocycles. The summed E-state index contributed by atoms with van der Waals surface area (Å²) in [5.74, 6) is 0.142. The maximum atomic E-state index is 14.0. The van der Waals surface area contributed by atoms with Crippen LogP contribution >= 0.6 is 39.3 Å². The third-order valence-corrected chi connectivity index (χ3v) is 6.96. The van der Waals surface area contributed by atoms with Gasteiger partial charge in [-0.3, -0.25) is 14.5 Å². The topological polar surface area (TPSA) is 55.8 Å². The van der Waals surface area contributed by atoms with E-state index < -0.39 is 0 Å². The third-order valence-electron chi connectivity index (χ3n) is 5.12. The molecule has 0 unspecified atom stereocenters. The van der Waals surface area contributed by atoms with Crippen molar-refractivity contribution in [1.82, 2.24) is 4.90 Å². The van der Waals surface area contributed by atoms with Crippen molar-refractivity contribution < 1.29 is 23.5 Å². The summed E-state index contributed by atoms with van der Waals surface area (Å²) in [6.45, 7) is 2.41. The average Bonchev–Trinajstić information content (AvgIpc) is 3.09. The van der Waals surface area contributed by atoms with Gasteiger partial charge in [-0.1, -0.05) is 57.9 Å². The molecule has 35 heavy (non-hydrogen) atoms. The highest BCUT2D eigenvalue weighted by molar-refractivity contribution is 9.10. The lowest BCUT2D eigenvalue weighted by molar-refractivity contribution is -0.123. The van der Waals surface area contributed by atoms with E-state index in [1.54, 1.807) is 60.7 Å². The molecule has 180 valence electrons. The molecule has 1 aliphatic rings. The summed E-state index contributed by atoms with van der Waals surface area (Å²) in [5, 5.41) is 0.237. The molecule has 1 saturated heterocycles. The van der Waals surface area contributed by atoms with Gasteiger partial charge in [-0.15, -0.1) is 0 Å². The van der Waals surface area contributed by atoms with E-state index in [9.17, 15) is 14.0 Å². The number of benzene rings is 3. The molecular weight excluding hydrogens is 557 g/mol. The van der Waals surface area contributed by atoms with Gasteiger partial charge in [0.15, 0.2) is 11.5 Å². The Morgan fingerprint density at radius 2 is 1.77 bits per heavy atom. The van der Waals surface area contributed by atoms with Crippen LogP contribution in [0.1, 0.15) is 23.6 Å². The zero-order chi connectivity index (χ0) is 24.9. The van der Waals surface area contributed by atoms with E-state index in [2.05, 4.69) is 15.9 Å². The Hall–Kier alpha value is -2.81. The quantitative estimate of drug-likeness (QED) is 0.261. The Balaban J connectivity index is 1.56. The second kappa shape index (κ2) is 11.3. The molecule has 0 radical (unpaired) electrons. The third kappa shape index (κ3) is 6.07. The zero-order valence-corrected chi connectivity index (χ0v) is 21.8. The number of rotatable bonds is 8. The summed E-state index contributed by atoms with van der Waals surface area (Å²) in [6, 6.07) is 16.8. The van der Waals surface area contributed by atoms with Gasteiger partial charge in [0.05, 0.1) is 18.1 Å². The lowest BCUT2D eigenvalue weighted by atomic mass is 10.1. The number of amides is 2. The molecule has 1 fully saturated rings. The predicted molar refractivity (Wildman–Crippen MR) is 139 cm³/mol. The standard InChI is InChI=1S/C26H20BrClFNO4S/c1-2-33-22-11-18(20(27)13-23(22)34-15-17-5-3-4-6-21(17)29)12-24-25(31)30(26(32)35-24)14-16-7-9-19(28)10-8-16/h3-13H,2,14-15H2,1H3/b24-12-. The fourth-order valence-corrected chi connectivity index (χ4v) is 4.76. The van der Waals surface area contributed by atoms with E-state index in [4.69, 9.17) is 21.1 Å². The lowest BCUT2D eigenvalue weighted by Gasteiger charge is -2.15. The number of hydrogen-bond donors (Lipinski definition) is 0. The molecule has 1 heterocycles. The van der Waals surface area contributed by atoms with Crippen LogP contribution in [-0.4, -0.2) is 22.7 Å². The van der Waals surface area contributed by atoms with Crippen molar-refractivity contribution in [3.8, 4) is 11.5 Å². The maximum Gasteiger partial charge on any atom is 0.293 e. The molecule has 2 amide bonds. The Labute approximate surface area is 220 Å². The first-order chi connectivity index (χ1) is 16.9. The van der Waals surface area contributed by atoms with Crippen LogP contribution in [-0.2, 0) is 17.9 Å². The van der Waals surface area contributed by atoms with Crippen molar-refractivity contribution in [1.29, 1.82) is 0 Å². The van der Waals surface area contributed by atoms with Gasteiger partial charge in [-0.25, -0.2) is 4.39 Å². The highest BCUT2D eigenvalue weighted by Gasteiger charge is 2.35. The van der Waals surface area contributed by atoms with Crippen LogP contribution in [0.25, 0.3) is 6.08 Å².